The van der Waals surface area contributed by atoms with Crippen molar-refractivity contribution in [2.45, 2.75) is 19.4 Å². The van der Waals surface area contributed by atoms with E-state index in [2.05, 4.69) is 5.32 Å². The Morgan fingerprint density at radius 2 is 2.18 bits per heavy atom. The maximum atomic E-state index is 12.2. The van der Waals surface area contributed by atoms with Gasteiger partial charge in [0, 0.05) is 23.8 Å². The van der Waals surface area contributed by atoms with E-state index >= 15 is 0 Å². The van der Waals surface area contributed by atoms with Crippen molar-refractivity contribution in [1.29, 1.82) is 0 Å². The highest BCUT2D eigenvalue weighted by atomic mass is 35.5. The van der Waals surface area contributed by atoms with Crippen LogP contribution in [-0.2, 0) is 9.84 Å². The molecule has 0 aromatic heterocycles. The average Bonchev–Trinajstić information content (AvgIpc) is 2.82. The number of hydrogen-bond acceptors (Lipinski definition) is 3. The van der Waals surface area contributed by atoms with Gasteiger partial charge in [0.15, 0.2) is 9.84 Å². The highest BCUT2D eigenvalue weighted by molar-refractivity contribution is 7.91. The summed E-state index contributed by atoms with van der Waals surface area (Å²) in [5, 5.41) is 3.27. The minimum absolute atomic E-state index is 0.0441. The number of halogens is 1. The van der Waals surface area contributed by atoms with Crippen LogP contribution in [-0.4, -0.2) is 43.4 Å². The van der Waals surface area contributed by atoms with Crippen molar-refractivity contribution in [2.75, 3.05) is 18.1 Å². The van der Waals surface area contributed by atoms with E-state index in [0.717, 1.165) is 5.56 Å². The molecule has 0 bridgehead atoms. The first-order valence-corrected chi connectivity index (χ1v) is 9.31. The van der Waals surface area contributed by atoms with E-state index in [1.807, 2.05) is 25.1 Å². The lowest BCUT2D eigenvalue weighted by molar-refractivity contribution is 0.187. The van der Waals surface area contributed by atoms with Gasteiger partial charge in [-0.05, 0) is 31.1 Å². The quantitative estimate of drug-likeness (QED) is 0.914. The predicted molar refractivity (Wildman–Crippen MR) is 88.5 cm³/mol. The molecule has 22 heavy (non-hydrogen) atoms. The van der Waals surface area contributed by atoms with Gasteiger partial charge in [0.2, 0.25) is 0 Å². The molecular formula is C15H19ClN2O3S. The average molecular weight is 343 g/mol. The SMILES string of the molecule is CCN(C(=O)N/C=C/c1ccccc1Cl)C1CCS(=O)(=O)C1. The molecular weight excluding hydrogens is 324 g/mol. The lowest BCUT2D eigenvalue weighted by Gasteiger charge is -2.26. The molecule has 1 N–H and O–H groups in total. The van der Waals surface area contributed by atoms with Crippen LogP contribution in [0.25, 0.3) is 6.08 Å². The van der Waals surface area contributed by atoms with Crippen molar-refractivity contribution < 1.29 is 13.2 Å². The van der Waals surface area contributed by atoms with Crippen LogP contribution in [0, 0.1) is 0 Å². The second kappa shape index (κ2) is 7.15. The molecule has 1 fully saturated rings. The van der Waals surface area contributed by atoms with Crippen LogP contribution in [0.2, 0.25) is 5.02 Å². The Bertz CT molecular complexity index is 673. The third kappa shape index (κ3) is 4.24. The Morgan fingerprint density at radius 1 is 1.45 bits per heavy atom. The number of hydrogen-bond donors (Lipinski definition) is 1. The summed E-state index contributed by atoms with van der Waals surface area (Å²) in [6.45, 7) is 2.30. The number of benzene rings is 1. The second-order valence-corrected chi connectivity index (χ2v) is 7.78. The summed E-state index contributed by atoms with van der Waals surface area (Å²) in [6, 6.07) is 6.75. The first-order valence-electron chi connectivity index (χ1n) is 7.11. The number of nitrogens with zero attached hydrogens (tertiary/aromatic N) is 1. The smallest absolute Gasteiger partial charge is 0.321 e. The van der Waals surface area contributed by atoms with E-state index in [1.54, 1.807) is 17.0 Å². The second-order valence-electron chi connectivity index (χ2n) is 5.15. The normalized spacial score (nSPS) is 20.2. The molecule has 0 aliphatic carbocycles. The topological polar surface area (TPSA) is 66.5 Å². The summed E-state index contributed by atoms with van der Waals surface area (Å²) in [6.07, 6.45) is 3.73. The fourth-order valence-electron chi connectivity index (χ4n) is 2.48. The van der Waals surface area contributed by atoms with Crippen molar-refractivity contribution in [1.82, 2.24) is 10.2 Å². The fourth-order valence-corrected chi connectivity index (χ4v) is 4.41. The van der Waals surface area contributed by atoms with Crippen molar-refractivity contribution in [3.8, 4) is 0 Å². The molecule has 2 rings (SSSR count). The molecule has 120 valence electrons. The van der Waals surface area contributed by atoms with E-state index in [9.17, 15) is 13.2 Å². The number of urea groups is 1. The number of amides is 2. The fraction of sp³-hybridized carbons (Fsp3) is 0.400. The lowest BCUT2D eigenvalue weighted by Crippen LogP contribution is -2.45. The van der Waals surface area contributed by atoms with Gasteiger partial charge in [-0.15, -0.1) is 0 Å². The summed E-state index contributed by atoms with van der Waals surface area (Å²) in [5.41, 5.74) is 0.802. The molecule has 1 aliphatic heterocycles. The predicted octanol–water partition coefficient (Wildman–Crippen LogP) is 2.53. The molecule has 2 amide bonds. The van der Waals surface area contributed by atoms with Crippen LogP contribution in [0.5, 0.6) is 0 Å². The van der Waals surface area contributed by atoms with Gasteiger partial charge >= 0.3 is 6.03 Å². The molecule has 1 aromatic rings. The van der Waals surface area contributed by atoms with Crippen molar-refractivity contribution >= 4 is 33.5 Å². The van der Waals surface area contributed by atoms with Crippen molar-refractivity contribution in [2.24, 2.45) is 0 Å². The zero-order chi connectivity index (χ0) is 16.2. The van der Waals surface area contributed by atoms with Gasteiger partial charge in [0.25, 0.3) is 0 Å². The van der Waals surface area contributed by atoms with E-state index in [-0.39, 0.29) is 23.6 Å². The molecule has 0 saturated carbocycles. The Hall–Kier alpha value is -1.53. The van der Waals surface area contributed by atoms with Crippen molar-refractivity contribution in [3.05, 3.63) is 41.1 Å². The van der Waals surface area contributed by atoms with Crippen LogP contribution in [0.15, 0.2) is 30.5 Å². The van der Waals surface area contributed by atoms with Gasteiger partial charge in [-0.1, -0.05) is 29.8 Å². The van der Waals surface area contributed by atoms with Crippen molar-refractivity contribution in [3.63, 3.8) is 0 Å². The minimum atomic E-state index is -3.01. The largest absolute Gasteiger partial charge is 0.321 e. The van der Waals surface area contributed by atoms with Gasteiger partial charge in [-0.2, -0.15) is 0 Å². The number of sulfone groups is 1. The lowest BCUT2D eigenvalue weighted by atomic mass is 10.2. The molecule has 1 unspecified atom stereocenters. The Labute approximate surface area is 135 Å². The summed E-state index contributed by atoms with van der Waals surface area (Å²) in [4.78, 5) is 13.7. The number of carbonyl (C=O) groups excluding carboxylic acids is 1. The zero-order valence-corrected chi connectivity index (χ0v) is 13.9. The van der Waals surface area contributed by atoms with Crippen LogP contribution in [0.3, 0.4) is 0 Å². The highest BCUT2D eigenvalue weighted by Crippen LogP contribution is 2.18. The number of carbonyl (C=O) groups is 1. The van der Waals surface area contributed by atoms with E-state index < -0.39 is 9.84 Å². The van der Waals surface area contributed by atoms with Gasteiger partial charge in [-0.25, -0.2) is 13.2 Å². The minimum Gasteiger partial charge on any atom is -0.321 e. The Morgan fingerprint density at radius 3 is 2.77 bits per heavy atom. The Balaban J connectivity index is 1.97. The van der Waals surface area contributed by atoms with Gasteiger partial charge < -0.3 is 10.2 Å². The maximum Gasteiger partial charge on any atom is 0.321 e. The van der Waals surface area contributed by atoms with E-state index in [4.69, 9.17) is 11.6 Å². The molecule has 0 radical (unpaired) electrons. The van der Waals surface area contributed by atoms with Gasteiger partial charge in [0.05, 0.1) is 11.5 Å². The summed E-state index contributed by atoms with van der Waals surface area (Å²) in [5.74, 6) is 0.194. The Kier molecular flexibility index (Phi) is 5.47. The standard InChI is InChI=1S/C15H19ClN2O3S/c1-2-18(13-8-10-22(20,21)11-13)15(19)17-9-7-12-5-3-4-6-14(12)16/h3-7,9,13H,2,8,10-11H2,1H3,(H,17,19)/b9-7+. The monoisotopic (exact) mass is 342 g/mol. The van der Waals surface area contributed by atoms with Gasteiger partial charge in [-0.3, -0.25) is 0 Å². The molecule has 1 saturated heterocycles. The third-order valence-electron chi connectivity index (χ3n) is 3.63. The molecule has 1 atom stereocenters. The summed E-state index contributed by atoms with van der Waals surface area (Å²) >= 11 is 6.02. The zero-order valence-electron chi connectivity index (χ0n) is 12.3. The molecule has 1 heterocycles. The maximum absolute atomic E-state index is 12.2. The van der Waals surface area contributed by atoms with Crippen LogP contribution in [0.4, 0.5) is 4.79 Å². The van der Waals surface area contributed by atoms with Crippen LogP contribution in [0.1, 0.15) is 18.9 Å². The van der Waals surface area contributed by atoms with Crippen LogP contribution < -0.4 is 5.32 Å². The number of rotatable bonds is 4. The first-order chi connectivity index (χ1) is 10.4. The molecule has 1 aliphatic rings. The van der Waals surface area contributed by atoms with Gasteiger partial charge in [0.1, 0.15) is 0 Å². The van der Waals surface area contributed by atoms with Crippen LogP contribution >= 0.6 is 11.6 Å². The van der Waals surface area contributed by atoms with E-state index in [1.165, 1.54) is 6.20 Å². The summed E-state index contributed by atoms with van der Waals surface area (Å²) in [7, 11) is -3.01. The molecule has 1 aromatic carbocycles. The summed E-state index contributed by atoms with van der Waals surface area (Å²) < 4.78 is 23.1. The molecule has 5 nitrogen and oxygen atoms in total. The third-order valence-corrected chi connectivity index (χ3v) is 5.72. The molecule has 7 heteroatoms. The first kappa shape index (κ1) is 16.8. The van der Waals surface area contributed by atoms with E-state index in [0.29, 0.717) is 18.0 Å². The highest BCUT2D eigenvalue weighted by Gasteiger charge is 2.33. The molecule has 0 spiro atoms. The number of nitrogens with one attached hydrogen (secondary N) is 1.